The van der Waals surface area contributed by atoms with Crippen molar-refractivity contribution in [3.05, 3.63) is 22.7 Å². The Morgan fingerprint density at radius 2 is 2.26 bits per heavy atom. The number of benzene rings is 1. The van der Waals surface area contributed by atoms with Gasteiger partial charge >= 0.3 is 0 Å². The van der Waals surface area contributed by atoms with Crippen LogP contribution in [0, 0.1) is 5.92 Å². The molecule has 0 spiro atoms. The average molecular weight is 349 g/mol. The van der Waals surface area contributed by atoms with Crippen molar-refractivity contribution in [1.29, 1.82) is 0 Å². The fourth-order valence-electron chi connectivity index (χ4n) is 2.16. The van der Waals surface area contributed by atoms with Crippen molar-refractivity contribution in [2.24, 2.45) is 11.7 Å². The minimum Gasteiger partial charge on any atom is -0.496 e. The molecule has 1 heterocycles. The average Bonchev–Trinajstić information content (AvgIpc) is 2.88. The van der Waals surface area contributed by atoms with Gasteiger partial charge in [0.2, 0.25) is 10.0 Å². The van der Waals surface area contributed by atoms with Gasteiger partial charge in [-0.2, -0.15) is 4.31 Å². The lowest BCUT2D eigenvalue weighted by atomic mass is 10.1. The first-order valence-corrected chi connectivity index (χ1v) is 8.26. The normalized spacial score (nSPS) is 20.7. The highest BCUT2D eigenvalue weighted by Crippen LogP contribution is 2.30. The van der Waals surface area contributed by atoms with Crippen LogP contribution >= 0.6 is 15.9 Å². The van der Waals surface area contributed by atoms with Crippen LogP contribution in [-0.2, 0) is 10.0 Å². The molecule has 1 aromatic rings. The monoisotopic (exact) mass is 348 g/mol. The van der Waals surface area contributed by atoms with E-state index in [9.17, 15) is 8.42 Å². The maximum atomic E-state index is 12.5. The number of nitrogens with two attached hydrogens (primary N) is 1. The van der Waals surface area contributed by atoms with Crippen LogP contribution in [0.4, 0.5) is 0 Å². The largest absolute Gasteiger partial charge is 0.496 e. The molecule has 1 saturated heterocycles. The Labute approximate surface area is 121 Å². The molecule has 0 aliphatic carbocycles. The first kappa shape index (κ1) is 14.8. The Balaban J connectivity index is 2.27. The number of nitrogens with zero attached hydrogens (tertiary/aromatic N) is 1. The lowest BCUT2D eigenvalue weighted by Gasteiger charge is -2.17. The summed E-state index contributed by atoms with van der Waals surface area (Å²) in [6, 6.07) is 4.78. The fraction of sp³-hybridized carbons (Fsp3) is 0.500. The van der Waals surface area contributed by atoms with Crippen LogP contribution in [0.1, 0.15) is 6.42 Å². The molecule has 1 atom stereocenters. The van der Waals surface area contributed by atoms with Gasteiger partial charge in [0.25, 0.3) is 0 Å². The van der Waals surface area contributed by atoms with E-state index >= 15 is 0 Å². The topological polar surface area (TPSA) is 72.6 Å². The Bertz CT molecular complexity index is 562. The smallest absolute Gasteiger partial charge is 0.243 e. The highest BCUT2D eigenvalue weighted by molar-refractivity contribution is 9.10. The van der Waals surface area contributed by atoms with Crippen molar-refractivity contribution in [3.8, 4) is 5.75 Å². The van der Waals surface area contributed by atoms with Gasteiger partial charge in [-0.25, -0.2) is 8.42 Å². The molecule has 1 fully saturated rings. The summed E-state index contributed by atoms with van der Waals surface area (Å²) in [7, 11) is -1.89. The van der Waals surface area contributed by atoms with Gasteiger partial charge in [0.15, 0.2) is 0 Å². The van der Waals surface area contributed by atoms with E-state index in [-0.39, 0.29) is 10.8 Å². The zero-order valence-corrected chi connectivity index (χ0v) is 13.1. The van der Waals surface area contributed by atoms with Crippen LogP contribution in [0.25, 0.3) is 0 Å². The van der Waals surface area contributed by atoms with E-state index in [0.717, 1.165) is 6.42 Å². The number of hydrogen-bond acceptors (Lipinski definition) is 4. The van der Waals surface area contributed by atoms with E-state index in [4.69, 9.17) is 10.5 Å². The minimum absolute atomic E-state index is 0.261. The van der Waals surface area contributed by atoms with E-state index in [0.29, 0.717) is 29.9 Å². The third-order valence-corrected chi connectivity index (χ3v) is 5.82. The molecule has 0 saturated carbocycles. The molecule has 0 unspecified atom stereocenters. The summed E-state index contributed by atoms with van der Waals surface area (Å²) in [6.07, 6.45) is 0.826. The molecular weight excluding hydrogens is 332 g/mol. The highest BCUT2D eigenvalue weighted by Gasteiger charge is 2.32. The number of ether oxygens (including phenoxy) is 1. The maximum Gasteiger partial charge on any atom is 0.243 e. The Morgan fingerprint density at radius 1 is 1.53 bits per heavy atom. The third-order valence-electron chi connectivity index (χ3n) is 3.34. The Morgan fingerprint density at radius 3 is 2.79 bits per heavy atom. The zero-order valence-electron chi connectivity index (χ0n) is 10.7. The molecular formula is C12H17BrN2O3S. The van der Waals surface area contributed by atoms with Crippen LogP contribution in [0.5, 0.6) is 5.75 Å². The van der Waals surface area contributed by atoms with E-state index in [1.54, 1.807) is 25.3 Å². The first-order valence-electron chi connectivity index (χ1n) is 6.02. The lowest BCUT2D eigenvalue weighted by molar-refractivity contribution is 0.411. The standard InChI is InChI=1S/C12H17BrN2O3S/c1-18-12-3-2-10(6-11(12)13)19(16,17)15-5-4-9(7-14)8-15/h2-3,6,9H,4-5,7-8,14H2,1H3/t9-/m1/s1. The highest BCUT2D eigenvalue weighted by atomic mass is 79.9. The molecule has 7 heteroatoms. The van der Waals surface area contributed by atoms with E-state index in [1.165, 1.54) is 4.31 Å². The van der Waals surface area contributed by atoms with Gasteiger partial charge in [-0.1, -0.05) is 0 Å². The summed E-state index contributed by atoms with van der Waals surface area (Å²) in [6.45, 7) is 1.56. The molecule has 1 aliphatic rings. The molecule has 2 N–H and O–H groups in total. The fourth-order valence-corrected chi connectivity index (χ4v) is 4.41. The number of halogens is 1. The quantitative estimate of drug-likeness (QED) is 0.893. The van der Waals surface area contributed by atoms with Gasteiger partial charge in [0.1, 0.15) is 5.75 Å². The van der Waals surface area contributed by atoms with Crippen LogP contribution < -0.4 is 10.5 Å². The van der Waals surface area contributed by atoms with Crippen molar-refractivity contribution in [3.63, 3.8) is 0 Å². The predicted molar refractivity (Wildman–Crippen MR) is 76.6 cm³/mol. The first-order chi connectivity index (χ1) is 8.98. The number of rotatable bonds is 4. The molecule has 0 amide bonds. The van der Waals surface area contributed by atoms with Gasteiger partial charge in [-0.15, -0.1) is 0 Å². The Kier molecular flexibility index (Phi) is 4.50. The van der Waals surface area contributed by atoms with Crippen molar-refractivity contribution in [2.45, 2.75) is 11.3 Å². The van der Waals surface area contributed by atoms with E-state index < -0.39 is 10.0 Å². The summed E-state index contributed by atoms with van der Waals surface area (Å²) in [5.74, 6) is 0.872. The van der Waals surface area contributed by atoms with Crippen LogP contribution in [0.15, 0.2) is 27.6 Å². The second-order valence-corrected chi connectivity index (χ2v) is 7.34. The van der Waals surface area contributed by atoms with Gasteiger partial charge in [0.05, 0.1) is 16.5 Å². The molecule has 106 valence electrons. The molecule has 2 rings (SSSR count). The summed E-state index contributed by atoms with van der Waals surface area (Å²) >= 11 is 3.31. The molecule has 19 heavy (non-hydrogen) atoms. The predicted octanol–water partition coefficient (Wildman–Crippen LogP) is 1.43. The van der Waals surface area contributed by atoms with Crippen molar-refractivity contribution < 1.29 is 13.2 Å². The second-order valence-electron chi connectivity index (χ2n) is 4.55. The SMILES string of the molecule is COc1ccc(S(=O)(=O)N2CC[C@H](CN)C2)cc1Br. The zero-order chi connectivity index (χ0) is 14.0. The van der Waals surface area contributed by atoms with Crippen molar-refractivity contribution in [2.75, 3.05) is 26.7 Å². The molecule has 0 radical (unpaired) electrons. The summed E-state index contributed by atoms with van der Waals surface area (Å²) in [5.41, 5.74) is 5.59. The second kappa shape index (κ2) is 5.78. The minimum atomic E-state index is -3.44. The van der Waals surface area contributed by atoms with Gasteiger partial charge < -0.3 is 10.5 Å². The van der Waals surface area contributed by atoms with Crippen molar-refractivity contribution in [1.82, 2.24) is 4.31 Å². The molecule has 1 aliphatic heterocycles. The molecule has 0 bridgehead atoms. The van der Waals surface area contributed by atoms with Crippen LogP contribution in [0.2, 0.25) is 0 Å². The summed E-state index contributed by atoms with van der Waals surface area (Å²) in [4.78, 5) is 0.276. The van der Waals surface area contributed by atoms with E-state index in [2.05, 4.69) is 15.9 Å². The summed E-state index contributed by atoms with van der Waals surface area (Å²) in [5, 5.41) is 0. The molecule has 1 aromatic carbocycles. The number of methoxy groups -OCH3 is 1. The Hall–Kier alpha value is -0.630. The van der Waals surface area contributed by atoms with Crippen molar-refractivity contribution >= 4 is 26.0 Å². The van der Waals surface area contributed by atoms with Gasteiger partial charge in [-0.05, 0) is 53.0 Å². The van der Waals surface area contributed by atoms with Crippen LogP contribution in [0.3, 0.4) is 0 Å². The lowest BCUT2D eigenvalue weighted by Crippen LogP contribution is -2.30. The molecule has 5 nitrogen and oxygen atoms in total. The van der Waals surface area contributed by atoms with E-state index in [1.807, 2.05) is 0 Å². The third kappa shape index (κ3) is 2.94. The van der Waals surface area contributed by atoms with Crippen LogP contribution in [-0.4, -0.2) is 39.5 Å². The van der Waals surface area contributed by atoms with Gasteiger partial charge in [-0.3, -0.25) is 0 Å². The maximum absolute atomic E-state index is 12.5. The van der Waals surface area contributed by atoms with Gasteiger partial charge in [0, 0.05) is 13.1 Å². The molecule has 0 aromatic heterocycles. The summed E-state index contributed by atoms with van der Waals surface area (Å²) < 4.78 is 32.2. The number of sulfonamides is 1. The number of hydrogen-bond donors (Lipinski definition) is 1.